The fourth-order valence-corrected chi connectivity index (χ4v) is 4.48. The predicted molar refractivity (Wildman–Crippen MR) is 112 cm³/mol. The smallest absolute Gasteiger partial charge is 0.264 e. The van der Waals surface area contributed by atoms with Gasteiger partial charge in [0, 0.05) is 23.6 Å². The number of rotatable bonds is 4. The molecule has 1 saturated heterocycles. The molecule has 0 unspecified atom stereocenters. The summed E-state index contributed by atoms with van der Waals surface area (Å²) in [5.74, 6) is -1.22. The number of primary amides is 1. The molecule has 0 radical (unpaired) electrons. The van der Waals surface area contributed by atoms with Crippen molar-refractivity contribution in [1.29, 1.82) is 0 Å². The lowest BCUT2D eigenvalue weighted by atomic mass is 9.75. The van der Waals surface area contributed by atoms with Crippen molar-refractivity contribution in [2.24, 2.45) is 5.73 Å². The van der Waals surface area contributed by atoms with E-state index in [1.165, 1.54) is 12.1 Å². The maximum absolute atomic E-state index is 14.0. The van der Waals surface area contributed by atoms with E-state index in [0.717, 1.165) is 48.9 Å². The van der Waals surface area contributed by atoms with Crippen LogP contribution in [0.15, 0.2) is 35.3 Å². The summed E-state index contributed by atoms with van der Waals surface area (Å²) in [5.41, 5.74) is 8.81. The van der Waals surface area contributed by atoms with Gasteiger partial charge in [0.05, 0.1) is 23.0 Å². The van der Waals surface area contributed by atoms with Crippen LogP contribution in [0, 0.1) is 5.82 Å². The van der Waals surface area contributed by atoms with Crippen molar-refractivity contribution in [3.63, 3.8) is 0 Å². The number of amides is 1. The third-order valence-corrected chi connectivity index (χ3v) is 6.31. The van der Waals surface area contributed by atoms with Gasteiger partial charge in [-0.25, -0.2) is 14.0 Å². The highest BCUT2D eigenvalue weighted by molar-refractivity contribution is 6.05. The summed E-state index contributed by atoms with van der Waals surface area (Å²) in [5, 5.41) is 11.1. The molecule has 1 fully saturated rings. The summed E-state index contributed by atoms with van der Waals surface area (Å²) >= 11 is 0. The Morgan fingerprint density at radius 2 is 2.06 bits per heavy atom. The molecule has 3 aromatic heterocycles. The highest BCUT2D eigenvalue weighted by atomic mass is 19.1. The summed E-state index contributed by atoms with van der Waals surface area (Å²) in [6.45, 7) is 4.58. The molecule has 4 heterocycles. The topological polar surface area (TPSA) is 125 Å². The SMILES string of the molecule is CC1(c2cnn3c2[nH]c2cc(F)cc(C(N)=O)c23)CCN(Cc2ccc(=O)[nH]n2)CC1. The summed E-state index contributed by atoms with van der Waals surface area (Å²) in [6.07, 6.45) is 3.60. The number of aromatic amines is 2. The number of carbonyl (C=O) groups excluding carboxylic acids is 1. The van der Waals surface area contributed by atoms with Gasteiger partial charge in [-0.15, -0.1) is 0 Å². The van der Waals surface area contributed by atoms with E-state index in [2.05, 4.69) is 32.1 Å². The molecule has 31 heavy (non-hydrogen) atoms. The number of imidazole rings is 1. The molecule has 1 amide bonds. The first-order valence-electron chi connectivity index (χ1n) is 10.1. The second-order valence-corrected chi connectivity index (χ2v) is 8.41. The van der Waals surface area contributed by atoms with Gasteiger partial charge in [-0.1, -0.05) is 6.92 Å². The monoisotopic (exact) mass is 423 g/mol. The number of hydrogen-bond donors (Lipinski definition) is 3. The number of piperidine rings is 1. The van der Waals surface area contributed by atoms with Gasteiger partial charge in [0.15, 0.2) is 0 Å². The molecule has 0 atom stereocenters. The number of aromatic nitrogens is 5. The molecule has 1 aliphatic rings. The van der Waals surface area contributed by atoms with Gasteiger partial charge in [-0.3, -0.25) is 14.5 Å². The van der Waals surface area contributed by atoms with Crippen molar-refractivity contribution < 1.29 is 9.18 Å². The Bertz CT molecular complexity index is 1340. The van der Waals surface area contributed by atoms with E-state index < -0.39 is 11.7 Å². The van der Waals surface area contributed by atoms with Crippen LogP contribution in [0.1, 0.15) is 41.4 Å². The highest BCUT2D eigenvalue weighted by Gasteiger charge is 2.35. The lowest BCUT2D eigenvalue weighted by molar-refractivity contribution is 0.100. The van der Waals surface area contributed by atoms with Gasteiger partial charge in [0.1, 0.15) is 17.0 Å². The van der Waals surface area contributed by atoms with Gasteiger partial charge < -0.3 is 10.7 Å². The minimum Gasteiger partial charge on any atom is -0.366 e. The van der Waals surface area contributed by atoms with E-state index in [1.807, 2.05) is 6.20 Å². The molecule has 1 aliphatic heterocycles. The molecule has 0 bridgehead atoms. The number of nitrogens with one attached hydrogen (secondary N) is 2. The number of fused-ring (bicyclic) bond motifs is 3. The van der Waals surface area contributed by atoms with Crippen LogP contribution in [0.25, 0.3) is 16.7 Å². The largest absolute Gasteiger partial charge is 0.366 e. The fraction of sp³-hybridized carbons (Fsp3) is 0.333. The van der Waals surface area contributed by atoms with E-state index in [4.69, 9.17) is 5.73 Å². The first kappa shape index (κ1) is 19.4. The minimum absolute atomic E-state index is 0.101. The van der Waals surface area contributed by atoms with Crippen LogP contribution in [-0.2, 0) is 12.0 Å². The van der Waals surface area contributed by atoms with Gasteiger partial charge in [0.2, 0.25) is 0 Å². The van der Waals surface area contributed by atoms with Gasteiger partial charge in [-0.05, 0) is 44.1 Å². The summed E-state index contributed by atoms with van der Waals surface area (Å²) in [7, 11) is 0. The molecule has 1 aromatic carbocycles. The van der Waals surface area contributed by atoms with E-state index >= 15 is 0 Å². The molecule has 0 spiro atoms. The quantitative estimate of drug-likeness (QED) is 0.461. The lowest BCUT2D eigenvalue weighted by Crippen LogP contribution is -2.40. The molecule has 5 rings (SSSR count). The molecule has 4 N–H and O–H groups in total. The third kappa shape index (κ3) is 3.28. The number of nitrogens with two attached hydrogens (primary N) is 1. The van der Waals surface area contributed by atoms with E-state index in [9.17, 15) is 14.0 Å². The van der Waals surface area contributed by atoms with Crippen molar-refractivity contribution in [1.82, 2.24) is 29.7 Å². The number of H-pyrrole nitrogens is 2. The van der Waals surface area contributed by atoms with Gasteiger partial charge in [-0.2, -0.15) is 10.2 Å². The van der Waals surface area contributed by atoms with Crippen molar-refractivity contribution in [3.05, 3.63) is 63.5 Å². The van der Waals surface area contributed by atoms with Crippen LogP contribution >= 0.6 is 0 Å². The number of hydrogen-bond acceptors (Lipinski definition) is 5. The molecular weight excluding hydrogens is 401 g/mol. The van der Waals surface area contributed by atoms with E-state index in [0.29, 0.717) is 17.6 Å². The Morgan fingerprint density at radius 3 is 2.74 bits per heavy atom. The molecule has 10 heteroatoms. The Kier molecular flexibility index (Phi) is 4.40. The second kappa shape index (κ2) is 7.02. The third-order valence-electron chi connectivity index (χ3n) is 6.31. The average Bonchev–Trinajstić information content (AvgIpc) is 3.30. The molecule has 9 nitrogen and oxygen atoms in total. The Hall–Kier alpha value is -3.53. The molecule has 0 saturated carbocycles. The highest BCUT2D eigenvalue weighted by Crippen LogP contribution is 2.38. The maximum atomic E-state index is 14.0. The average molecular weight is 423 g/mol. The Morgan fingerprint density at radius 1 is 1.29 bits per heavy atom. The van der Waals surface area contributed by atoms with Crippen LogP contribution in [0.4, 0.5) is 4.39 Å². The van der Waals surface area contributed by atoms with Crippen LogP contribution in [0.5, 0.6) is 0 Å². The first-order chi connectivity index (χ1) is 14.8. The number of likely N-dealkylation sites (tertiary alicyclic amines) is 1. The fourth-order valence-electron chi connectivity index (χ4n) is 4.48. The molecular formula is C21H22FN7O2. The predicted octanol–water partition coefficient (Wildman–Crippen LogP) is 1.69. The van der Waals surface area contributed by atoms with Crippen LogP contribution in [0.3, 0.4) is 0 Å². The zero-order valence-corrected chi connectivity index (χ0v) is 17.0. The number of carbonyl (C=O) groups is 1. The number of nitrogens with zero attached hydrogens (tertiary/aromatic N) is 4. The minimum atomic E-state index is -0.696. The van der Waals surface area contributed by atoms with Crippen LogP contribution in [-0.4, -0.2) is 48.7 Å². The van der Waals surface area contributed by atoms with Crippen LogP contribution < -0.4 is 11.3 Å². The normalized spacial score (nSPS) is 16.8. The van der Waals surface area contributed by atoms with Gasteiger partial charge in [0.25, 0.3) is 11.5 Å². The van der Waals surface area contributed by atoms with E-state index in [1.54, 1.807) is 10.6 Å². The second-order valence-electron chi connectivity index (χ2n) is 8.41. The zero-order chi connectivity index (χ0) is 21.8. The summed E-state index contributed by atoms with van der Waals surface area (Å²) in [6, 6.07) is 5.72. The Labute approximate surface area is 176 Å². The number of halogens is 1. The molecule has 160 valence electrons. The summed E-state index contributed by atoms with van der Waals surface area (Å²) < 4.78 is 15.6. The Balaban J connectivity index is 1.44. The van der Waals surface area contributed by atoms with Crippen molar-refractivity contribution in [2.45, 2.75) is 31.7 Å². The summed E-state index contributed by atoms with van der Waals surface area (Å²) in [4.78, 5) is 28.6. The van der Waals surface area contributed by atoms with Gasteiger partial charge >= 0.3 is 0 Å². The van der Waals surface area contributed by atoms with E-state index in [-0.39, 0.29) is 16.5 Å². The van der Waals surface area contributed by atoms with Crippen molar-refractivity contribution in [3.8, 4) is 0 Å². The standard InChI is InChI=1S/C21H22FN7O2/c1-21(4-6-28(7-5-21)11-13-2-3-17(30)27-26-13)15-10-24-29-18-14(19(23)31)8-12(22)9-16(18)25-20(15)29/h2-3,8-10,25H,4-7,11H2,1H3,(H2,23,31)(H,27,30). The zero-order valence-electron chi connectivity index (χ0n) is 17.0. The number of benzene rings is 1. The van der Waals surface area contributed by atoms with Crippen molar-refractivity contribution in [2.75, 3.05) is 13.1 Å². The van der Waals surface area contributed by atoms with Crippen molar-refractivity contribution >= 4 is 22.6 Å². The first-order valence-corrected chi connectivity index (χ1v) is 10.1. The molecule has 0 aliphatic carbocycles. The molecule has 4 aromatic rings. The van der Waals surface area contributed by atoms with Crippen LogP contribution in [0.2, 0.25) is 0 Å². The lowest BCUT2D eigenvalue weighted by Gasteiger charge is -2.38. The maximum Gasteiger partial charge on any atom is 0.264 e.